The van der Waals surface area contributed by atoms with Crippen LogP contribution in [0, 0.1) is 17.7 Å². The van der Waals surface area contributed by atoms with Gasteiger partial charge in [-0.05, 0) is 24.5 Å². The van der Waals surface area contributed by atoms with E-state index in [1.54, 1.807) is 0 Å². The van der Waals surface area contributed by atoms with Gasteiger partial charge in [0, 0.05) is 25.1 Å². The Labute approximate surface area is 171 Å². The van der Waals surface area contributed by atoms with Crippen molar-refractivity contribution in [3.8, 4) is 5.88 Å². The fraction of sp³-hybridized carbons (Fsp3) is 0.632. The van der Waals surface area contributed by atoms with Crippen molar-refractivity contribution in [2.24, 2.45) is 11.8 Å². The number of carboxylic acids is 1. The van der Waals surface area contributed by atoms with Gasteiger partial charge in [0.15, 0.2) is 5.82 Å². The monoisotopic (exact) mass is 436 g/mol. The molecule has 168 valence electrons. The van der Waals surface area contributed by atoms with E-state index in [1.165, 1.54) is 18.3 Å². The van der Waals surface area contributed by atoms with E-state index in [4.69, 9.17) is 19.4 Å². The molecule has 0 aromatic carbocycles. The Morgan fingerprint density at radius 3 is 2.57 bits per heavy atom. The standard InChI is InChI=1S/C17H23FN2O3.C2HF3O2/c1-12(2)8-15(21)20-10-17(11-20)13(5-7-23-17)9-22-16-14(18)4-3-6-19-16;3-2(4,5)1(6)7/h3-4,6,12-13H,5,7-11H2,1-2H3;(H,6,7). The molecule has 7 nitrogen and oxygen atoms in total. The SMILES string of the molecule is CC(C)CC(=O)N1CC2(C1)OCCC2COc1ncccc1F.O=C(O)C(F)(F)F. The molecule has 1 unspecified atom stereocenters. The van der Waals surface area contributed by atoms with E-state index in [-0.39, 0.29) is 23.3 Å². The summed E-state index contributed by atoms with van der Waals surface area (Å²) in [4.78, 5) is 26.7. The normalized spacial score (nSPS) is 19.8. The molecule has 1 spiro atoms. The van der Waals surface area contributed by atoms with E-state index in [2.05, 4.69) is 4.98 Å². The van der Waals surface area contributed by atoms with Crippen molar-refractivity contribution in [2.45, 2.75) is 38.5 Å². The van der Waals surface area contributed by atoms with E-state index in [0.29, 0.717) is 38.6 Å². The van der Waals surface area contributed by atoms with Crippen LogP contribution in [0.5, 0.6) is 5.88 Å². The van der Waals surface area contributed by atoms with Gasteiger partial charge in [0.25, 0.3) is 0 Å². The van der Waals surface area contributed by atoms with Crippen molar-refractivity contribution in [1.82, 2.24) is 9.88 Å². The number of aliphatic carboxylic acids is 1. The fourth-order valence-corrected chi connectivity index (χ4v) is 3.28. The molecule has 1 atom stereocenters. The second-order valence-corrected chi connectivity index (χ2v) is 7.65. The number of carboxylic acid groups (broad SMARTS) is 1. The van der Waals surface area contributed by atoms with Gasteiger partial charge < -0.3 is 19.5 Å². The number of hydrogen-bond donors (Lipinski definition) is 1. The van der Waals surface area contributed by atoms with E-state index >= 15 is 0 Å². The number of likely N-dealkylation sites (tertiary alicyclic amines) is 1. The third-order valence-electron chi connectivity index (χ3n) is 4.84. The summed E-state index contributed by atoms with van der Waals surface area (Å²) in [7, 11) is 0. The van der Waals surface area contributed by atoms with Crippen molar-refractivity contribution in [1.29, 1.82) is 0 Å². The number of rotatable bonds is 5. The van der Waals surface area contributed by atoms with Crippen LogP contribution < -0.4 is 4.74 Å². The lowest BCUT2D eigenvalue weighted by molar-refractivity contribution is -0.192. The first-order valence-corrected chi connectivity index (χ1v) is 9.40. The first-order valence-electron chi connectivity index (χ1n) is 9.40. The van der Waals surface area contributed by atoms with E-state index < -0.39 is 18.0 Å². The molecule has 30 heavy (non-hydrogen) atoms. The number of carbonyl (C=O) groups excluding carboxylic acids is 1. The van der Waals surface area contributed by atoms with Crippen LogP contribution in [-0.2, 0) is 14.3 Å². The van der Waals surface area contributed by atoms with Crippen LogP contribution in [0.1, 0.15) is 26.7 Å². The molecule has 2 saturated heterocycles. The molecule has 1 N–H and O–H groups in total. The van der Waals surface area contributed by atoms with Gasteiger partial charge in [-0.25, -0.2) is 14.2 Å². The molecule has 0 radical (unpaired) electrons. The Hall–Kier alpha value is -2.43. The minimum Gasteiger partial charge on any atom is -0.475 e. The van der Waals surface area contributed by atoms with Crippen LogP contribution in [0.15, 0.2) is 18.3 Å². The van der Waals surface area contributed by atoms with Crippen molar-refractivity contribution < 1.29 is 41.7 Å². The van der Waals surface area contributed by atoms with E-state index in [9.17, 15) is 22.4 Å². The zero-order chi connectivity index (χ0) is 22.5. The van der Waals surface area contributed by atoms with E-state index in [1.807, 2.05) is 18.7 Å². The number of pyridine rings is 1. The lowest BCUT2D eigenvalue weighted by Gasteiger charge is -2.50. The van der Waals surface area contributed by atoms with Gasteiger partial charge >= 0.3 is 12.1 Å². The molecular formula is C19H24F4N2O5. The molecule has 0 aliphatic carbocycles. The van der Waals surface area contributed by atoms with Crippen LogP contribution in [-0.4, -0.2) is 64.9 Å². The van der Waals surface area contributed by atoms with Crippen LogP contribution in [0.4, 0.5) is 17.6 Å². The predicted molar refractivity (Wildman–Crippen MR) is 96.2 cm³/mol. The van der Waals surface area contributed by atoms with Crippen LogP contribution >= 0.6 is 0 Å². The zero-order valence-electron chi connectivity index (χ0n) is 16.6. The van der Waals surface area contributed by atoms with Gasteiger partial charge in [-0.15, -0.1) is 0 Å². The molecule has 0 bridgehead atoms. The second kappa shape index (κ2) is 9.59. The van der Waals surface area contributed by atoms with Crippen molar-refractivity contribution in [3.05, 3.63) is 24.1 Å². The van der Waals surface area contributed by atoms with Gasteiger partial charge in [-0.2, -0.15) is 13.2 Å². The Balaban J connectivity index is 0.000000396. The first kappa shape index (κ1) is 23.8. The summed E-state index contributed by atoms with van der Waals surface area (Å²) in [6.45, 7) is 6.31. The Kier molecular flexibility index (Phi) is 7.62. The highest BCUT2D eigenvalue weighted by atomic mass is 19.4. The molecule has 11 heteroatoms. The average molecular weight is 436 g/mol. The quantitative estimate of drug-likeness (QED) is 0.714. The number of alkyl halides is 3. The van der Waals surface area contributed by atoms with E-state index in [0.717, 1.165) is 6.42 Å². The average Bonchev–Trinajstić information content (AvgIpc) is 3.03. The first-order chi connectivity index (χ1) is 13.9. The molecule has 1 amide bonds. The number of hydrogen-bond acceptors (Lipinski definition) is 5. The molecule has 3 rings (SSSR count). The van der Waals surface area contributed by atoms with Gasteiger partial charge in [0.05, 0.1) is 19.7 Å². The predicted octanol–water partition coefficient (Wildman–Crippen LogP) is 2.90. The highest BCUT2D eigenvalue weighted by Gasteiger charge is 2.54. The summed E-state index contributed by atoms with van der Waals surface area (Å²) >= 11 is 0. The van der Waals surface area contributed by atoms with Gasteiger partial charge in [0.1, 0.15) is 5.60 Å². The molecule has 2 aliphatic heterocycles. The molecule has 3 heterocycles. The molecular weight excluding hydrogens is 412 g/mol. The Morgan fingerprint density at radius 1 is 1.40 bits per heavy atom. The number of aromatic nitrogens is 1. The summed E-state index contributed by atoms with van der Waals surface area (Å²) in [5, 5.41) is 7.12. The van der Waals surface area contributed by atoms with Crippen molar-refractivity contribution >= 4 is 11.9 Å². The highest BCUT2D eigenvalue weighted by Crippen LogP contribution is 2.40. The molecule has 0 saturated carbocycles. The minimum absolute atomic E-state index is 0.0293. The molecule has 1 aromatic heterocycles. The van der Waals surface area contributed by atoms with Crippen LogP contribution in [0.25, 0.3) is 0 Å². The third kappa shape index (κ3) is 6.04. The number of carbonyl (C=O) groups is 2. The lowest BCUT2D eigenvalue weighted by atomic mass is 9.81. The molecule has 2 aliphatic rings. The summed E-state index contributed by atoms with van der Waals surface area (Å²) in [5.74, 6) is -2.49. The number of ether oxygens (including phenoxy) is 2. The maximum absolute atomic E-state index is 13.6. The zero-order valence-corrected chi connectivity index (χ0v) is 16.6. The minimum atomic E-state index is -5.08. The fourth-order valence-electron chi connectivity index (χ4n) is 3.28. The van der Waals surface area contributed by atoms with Crippen LogP contribution in [0.3, 0.4) is 0 Å². The van der Waals surface area contributed by atoms with Gasteiger partial charge in [-0.3, -0.25) is 4.79 Å². The Bertz CT molecular complexity index is 751. The molecule has 2 fully saturated rings. The number of halogens is 4. The largest absolute Gasteiger partial charge is 0.490 e. The summed E-state index contributed by atoms with van der Waals surface area (Å²) in [6.07, 6.45) is -2.15. The lowest BCUT2D eigenvalue weighted by Crippen LogP contribution is -2.66. The summed E-state index contributed by atoms with van der Waals surface area (Å²) in [5.41, 5.74) is -0.322. The molecule has 1 aromatic rings. The maximum atomic E-state index is 13.6. The van der Waals surface area contributed by atoms with Crippen molar-refractivity contribution in [3.63, 3.8) is 0 Å². The van der Waals surface area contributed by atoms with Gasteiger partial charge in [0.2, 0.25) is 11.8 Å². The number of nitrogens with zero attached hydrogens (tertiary/aromatic N) is 2. The highest BCUT2D eigenvalue weighted by molar-refractivity contribution is 5.77. The maximum Gasteiger partial charge on any atom is 0.490 e. The topological polar surface area (TPSA) is 89.0 Å². The Morgan fingerprint density at radius 2 is 2.03 bits per heavy atom. The van der Waals surface area contributed by atoms with Crippen LogP contribution in [0.2, 0.25) is 0 Å². The van der Waals surface area contributed by atoms with Crippen molar-refractivity contribution in [2.75, 3.05) is 26.3 Å². The second-order valence-electron chi connectivity index (χ2n) is 7.65. The third-order valence-corrected chi connectivity index (χ3v) is 4.84. The summed E-state index contributed by atoms with van der Waals surface area (Å²) < 4.78 is 56.8. The smallest absolute Gasteiger partial charge is 0.475 e. The number of amides is 1. The summed E-state index contributed by atoms with van der Waals surface area (Å²) in [6, 6.07) is 2.87. The van der Waals surface area contributed by atoms with Gasteiger partial charge in [-0.1, -0.05) is 13.8 Å².